The SMILES string of the molecule is CCC(C)NC(=O)Cc1cc(-c2ccc(Cl)cc2)on1. The summed E-state index contributed by atoms with van der Waals surface area (Å²) in [6.45, 7) is 4.00. The fraction of sp³-hybridized carbons (Fsp3) is 0.333. The van der Waals surface area contributed by atoms with Crippen LogP contribution < -0.4 is 5.32 Å². The van der Waals surface area contributed by atoms with Crippen LogP contribution in [0.1, 0.15) is 26.0 Å². The molecule has 1 aromatic carbocycles. The molecule has 0 fully saturated rings. The maximum absolute atomic E-state index is 11.8. The molecule has 1 unspecified atom stereocenters. The predicted octanol–water partition coefficient (Wildman–Crippen LogP) is 3.45. The Morgan fingerprint density at radius 3 is 2.75 bits per heavy atom. The van der Waals surface area contributed by atoms with Gasteiger partial charge in [0, 0.05) is 22.7 Å². The highest BCUT2D eigenvalue weighted by atomic mass is 35.5. The van der Waals surface area contributed by atoms with E-state index in [0.29, 0.717) is 16.5 Å². The van der Waals surface area contributed by atoms with Crippen molar-refractivity contribution in [3.63, 3.8) is 0 Å². The van der Waals surface area contributed by atoms with Gasteiger partial charge in [0.05, 0.1) is 12.1 Å². The molecule has 20 heavy (non-hydrogen) atoms. The number of nitrogens with zero attached hydrogens (tertiary/aromatic N) is 1. The molecule has 106 valence electrons. The van der Waals surface area contributed by atoms with Gasteiger partial charge in [0.25, 0.3) is 0 Å². The van der Waals surface area contributed by atoms with E-state index in [4.69, 9.17) is 16.1 Å². The molecule has 0 bridgehead atoms. The number of rotatable bonds is 5. The molecule has 0 aliphatic heterocycles. The second kappa shape index (κ2) is 6.57. The van der Waals surface area contributed by atoms with Crippen LogP contribution in [0, 0.1) is 0 Å². The Bertz CT molecular complexity index is 578. The number of hydrogen-bond donors (Lipinski definition) is 1. The summed E-state index contributed by atoms with van der Waals surface area (Å²) in [5.74, 6) is 0.586. The number of nitrogens with one attached hydrogen (secondary N) is 1. The maximum atomic E-state index is 11.8. The van der Waals surface area contributed by atoms with Crippen molar-refractivity contribution in [1.29, 1.82) is 0 Å². The van der Waals surface area contributed by atoms with Gasteiger partial charge in [-0.1, -0.05) is 23.7 Å². The van der Waals surface area contributed by atoms with E-state index in [1.54, 1.807) is 18.2 Å². The molecule has 4 nitrogen and oxygen atoms in total. The second-order valence-electron chi connectivity index (χ2n) is 4.74. The topological polar surface area (TPSA) is 55.1 Å². The average molecular weight is 293 g/mol. The molecule has 0 spiro atoms. The van der Waals surface area contributed by atoms with E-state index < -0.39 is 0 Å². The van der Waals surface area contributed by atoms with Crippen molar-refractivity contribution in [2.24, 2.45) is 0 Å². The van der Waals surface area contributed by atoms with Gasteiger partial charge in [-0.25, -0.2) is 0 Å². The van der Waals surface area contributed by atoms with Crippen molar-refractivity contribution < 1.29 is 9.32 Å². The average Bonchev–Trinajstić information content (AvgIpc) is 2.87. The van der Waals surface area contributed by atoms with E-state index in [1.807, 2.05) is 26.0 Å². The van der Waals surface area contributed by atoms with Crippen molar-refractivity contribution in [3.8, 4) is 11.3 Å². The molecule has 0 aliphatic carbocycles. The summed E-state index contributed by atoms with van der Waals surface area (Å²) in [6.07, 6.45) is 1.13. The first kappa shape index (κ1) is 14.6. The Hall–Kier alpha value is -1.81. The molecule has 2 aromatic rings. The molecular weight excluding hydrogens is 276 g/mol. The van der Waals surface area contributed by atoms with Crippen LogP contribution in [-0.4, -0.2) is 17.1 Å². The maximum Gasteiger partial charge on any atom is 0.226 e. The standard InChI is InChI=1S/C15H17ClN2O2/c1-3-10(2)17-15(19)9-13-8-14(20-18-13)11-4-6-12(16)7-5-11/h4-8,10H,3,9H2,1-2H3,(H,17,19). The smallest absolute Gasteiger partial charge is 0.226 e. The van der Waals surface area contributed by atoms with Gasteiger partial charge in [0.2, 0.25) is 5.91 Å². The monoisotopic (exact) mass is 292 g/mol. The number of hydrogen-bond acceptors (Lipinski definition) is 3. The van der Waals surface area contributed by atoms with Crippen LogP contribution >= 0.6 is 11.6 Å². The van der Waals surface area contributed by atoms with Gasteiger partial charge < -0.3 is 9.84 Å². The molecule has 0 saturated heterocycles. The van der Waals surface area contributed by atoms with Crippen molar-refractivity contribution in [2.45, 2.75) is 32.7 Å². The quantitative estimate of drug-likeness (QED) is 0.918. The van der Waals surface area contributed by atoms with Crippen LogP contribution in [0.5, 0.6) is 0 Å². The highest BCUT2D eigenvalue weighted by molar-refractivity contribution is 6.30. The molecule has 1 atom stereocenters. The highest BCUT2D eigenvalue weighted by Crippen LogP contribution is 2.22. The van der Waals surface area contributed by atoms with E-state index >= 15 is 0 Å². The molecule has 0 radical (unpaired) electrons. The van der Waals surface area contributed by atoms with E-state index in [0.717, 1.165) is 12.0 Å². The third kappa shape index (κ3) is 3.84. The van der Waals surface area contributed by atoms with E-state index in [-0.39, 0.29) is 18.4 Å². The van der Waals surface area contributed by atoms with Crippen LogP contribution in [0.25, 0.3) is 11.3 Å². The molecule has 2 rings (SSSR count). The molecule has 1 amide bonds. The summed E-state index contributed by atoms with van der Waals surface area (Å²) >= 11 is 5.84. The van der Waals surface area contributed by atoms with Crippen LogP contribution in [0.15, 0.2) is 34.9 Å². The molecule has 1 heterocycles. The third-order valence-electron chi connectivity index (χ3n) is 3.05. The first-order chi connectivity index (χ1) is 9.58. The minimum absolute atomic E-state index is 0.0460. The van der Waals surface area contributed by atoms with Crippen LogP contribution in [0.3, 0.4) is 0 Å². The number of aromatic nitrogens is 1. The minimum Gasteiger partial charge on any atom is -0.356 e. The molecular formula is C15H17ClN2O2. The molecule has 5 heteroatoms. The Morgan fingerprint density at radius 1 is 1.40 bits per heavy atom. The molecule has 0 saturated carbocycles. The van der Waals surface area contributed by atoms with Gasteiger partial charge in [-0.15, -0.1) is 0 Å². The van der Waals surface area contributed by atoms with Gasteiger partial charge in [-0.05, 0) is 37.6 Å². The first-order valence-electron chi connectivity index (χ1n) is 6.59. The van der Waals surface area contributed by atoms with Crippen molar-refractivity contribution >= 4 is 17.5 Å². The lowest BCUT2D eigenvalue weighted by molar-refractivity contribution is -0.121. The first-order valence-corrected chi connectivity index (χ1v) is 6.97. The predicted molar refractivity (Wildman–Crippen MR) is 78.5 cm³/mol. The van der Waals surface area contributed by atoms with Gasteiger partial charge >= 0.3 is 0 Å². The van der Waals surface area contributed by atoms with Crippen LogP contribution in [0.2, 0.25) is 5.02 Å². The summed E-state index contributed by atoms with van der Waals surface area (Å²) in [6, 6.07) is 9.23. The van der Waals surface area contributed by atoms with E-state index in [2.05, 4.69) is 10.5 Å². The minimum atomic E-state index is -0.0460. The largest absolute Gasteiger partial charge is 0.356 e. The van der Waals surface area contributed by atoms with E-state index in [9.17, 15) is 4.79 Å². The Labute approximate surface area is 123 Å². The number of amides is 1. The summed E-state index contributed by atoms with van der Waals surface area (Å²) in [4.78, 5) is 11.8. The molecule has 0 aliphatic rings. The number of carbonyl (C=O) groups is 1. The third-order valence-corrected chi connectivity index (χ3v) is 3.30. The van der Waals surface area contributed by atoms with Crippen molar-refractivity contribution in [3.05, 3.63) is 41.0 Å². The fourth-order valence-corrected chi connectivity index (χ4v) is 1.86. The normalized spacial score (nSPS) is 12.2. The lowest BCUT2D eigenvalue weighted by Gasteiger charge is -2.09. The fourth-order valence-electron chi connectivity index (χ4n) is 1.74. The molecule has 1 N–H and O–H groups in total. The van der Waals surface area contributed by atoms with Crippen LogP contribution in [-0.2, 0) is 11.2 Å². The summed E-state index contributed by atoms with van der Waals surface area (Å²) in [5.41, 5.74) is 1.51. The Balaban J connectivity index is 2.02. The van der Waals surface area contributed by atoms with Gasteiger partial charge in [-0.3, -0.25) is 4.79 Å². The number of carbonyl (C=O) groups excluding carboxylic acids is 1. The summed E-state index contributed by atoms with van der Waals surface area (Å²) < 4.78 is 5.25. The second-order valence-corrected chi connectivity index (χ2v) is 5.18. The lowest BCUT2D eigenvalue weighted by atomic mass is 10.1. The zero-order valence-corrected chi connectivity index (χ0v) is 12.3. The van der Waals surface area contributed by atoms with Gasteiger partial charge in [-0.2, -0.15) is 0 Å². The van der Waals surface area contributed by atoms with Crippen molar-refractivity contribution in [1.82, 2.24) is 10.5 Å². The van der Waals surface area contributed by atoms with E-state index in [1.165, 1.54) is 0 Å². The Morgan fingerprint density at radius 2 is 2.10 bits per heavy atom. The van der Waals surface area contributed by atoms with Crippen molar-refractivity contribution in [2.75, 3.05) is 0 Å². The zero-order chi connectivity index (χ0) is 14.5. The van der Waals surface area contributed by atoms with Crippen LogP contribution in [0.4, 0.5) is 0 Å². The lowest BCUT2D eigenvalue weighted by Crippen LogP contribution is -2.33. The zero-order valence-electron chi connectivity index (χ0n) is 11.5. The molecule has 1 aromatic heterocycles. The number of halogens is 1. The van der Waals surface area contributed by atoms with Gasteiger partial charge in [0.15, 0.2) is 5.76 Å². The Kier molecular flexibility index (Phi) is 4.79. The van der Waals surface area contributed by atoms with Gasteiger partial charge in [0.1, 0.15) is 0 Å². The number of benzene rings is 1. The summed E-state index contributed by atoms with van der Waals surface area (Å²) in [7, 11) is 0. The summed E-state index contributed by atoms with van der Waals surface area (Å²) in [5, 5.41) is 7.48. The highest BCUT2D eigenvalue weighted by Gasteiger charge is 2.11.